The molecular weight excluding hydrogens is 532 g/mol. The number of ether oxygens (including phenoxy) is 1. The molecule has 10 heteroatoms. The predicted octanol–water partition coefficient (Wildman–Crippen LogP) is 2.17. The zero-order chi connectivity index (χ0) is 28.6. The van der Waals surface area contributed by atoms with Crippen LogP contribution in [0.4, 0.5) is 0 Å². The van der Waals surface area contributed by atoms with E-state index in [4.69, 9.17) is 16.3 Å². The van der Waals surface area contributed by atoms with Gasteiger partial charge in [-0.25, -0.2) is 0 Å². The number of nitrogens with one attached hydrogen (secondary N) is 3. The second kappa shape index (κ2) is 13.8. The highest BCUT2D eigenvalue weighted by atomic mass is 35.5. The van der Waals surface area contributed by atoms with Crippen LogP contribution in [0, 0.1) is 5.92 Å². The van der Waals surface area contributed by atoms with Gasteiger partial charge in [-0.3, -0.25) is 14.4 Å². The Hall–Kier alpha value is -3.40. The molecule has 0 spiro atoms. The van der Waals surface area contributed by atoms with Crippen molar-refractivity contribution in [2.24, 2.45) is 5.92 Å². The molecule has 40 heavy (non-hydrogen) atoms. The van der Waals surface area contributed by atoms with Crippen molar-refractivity contribution in [3.05, 3.63) is 70.8 Å². The topological polar surface area (TPSA) is 120 Å². The third-order valence-electron chi connectivity index (χ3n) is 7.17. The first kappa shape index (κ1) is 29.6. The molecule has 2 aromatic rings. The molecule has 1 heterocycles. The van der Waals surface area contributed by atoms with Gasteiger partial charge >= 0.3 is 0 Å². The Labute approximate surface area is 239 Å². The molecule has 3 amide bonds. The van der Waals surface area contributed by atoms with Gasteiger partial charge in [-0.05, 0) is 49.4 Å². The number of fused-ring (bicyclic) bond motifs is 1. The number of rotatable bonds is 4. The smallest absolute Gasteiger partial charge is 0.246 e. The van der Waals surface area contributed by atoms with Crippen molar-refractivity contribution in [1.29, 1.82) is 0 Å². The summed E-state index contributed by atoms with van der Waals surface area (Å²) in [7, 11) is 1.51. The van der Waals surface area contributed by atoms with E-state index in [-0.39, 0.29) is 24.8 Å². The van der Waals surface area contributed by atoms with Crippen LogP contribution >= 0.6 is 11.6 Å². The summed E-state index contributed by atoms with van der Waals surface area (Å²) in [4.78, 5) is 41.7. The summed E-state index contributed by atoms with van der Waals surface area (Å²) < 4.78 is 5.99. The summed E-state index contributed by atoms with van der Waals surface area (Å²) >= 11 is 6.02. The Morgan fingerprint density at radius 2 is 1.80 bits per heavy atom. The van der Waals surface area contributed by atoms with Crippen LogP contribution in [-0.2, 0) is 20.8 Å². The van der Waals surface area contributed by atoms with E-state index in [9.17, 15) is 19.5 Å². The quantitative estimate of drug-likeness (QED) is 0.449. The van der Waals surface area contributed by atoms with E-state index >= 15 is 0 Å². The Balaban J connectivity index is 1.62. The van der Waals surface area contributed by atoms with Crippen LogP contribution in [0.1, 0.15) is 30.9 Å². The largest absolute Gasteiger partial charge is 0.492 e. The van der Waals surface area contributed by atoms with E-state index in [1.807, 2.05) is 36.4 Å². The predicted molar refractivity (Wildman–Crippen MR) is 154 cm³/mol. The molecule has 2 aliphatic rings. The van der Waals surface area contributed by atoms with E-state index in [0.717, 1.165) is 24.0 Å². The Bertz CT molecular complexity index is 1210. The van der Waals surface area contributed by atoms with Gasteiger partial charge in [0.1, 0.15) is 24.4 Å². The number of likely N-dealkylation sites (N-methyl/N-ethyl adjacent to an activating group) is 1. The average molecular weight is 569 g/mol. The van der Waals surface area contributed by atoms with Crippen molar-refractivity contribution in [3.63, 3.8) is 0 Å². The minimum absolute atomic E-state index is 0.150. The van der Waals surface area contributed by atoms with Crippen LogP contribution in [0.5, 0.6) is 5.75 Å². The van der Waals surface area contributed by atoms with Gasteiger partial charge in [-0.2, -0.15) is 0 Å². The number of aliphatic hydroxyl groups excluding tert-OH is 1. The van der Waals surface area contributed by atoms with Crippen molar-refractivity contribution in [2.45, 2.75) is 50.4 Å². The first-order chi connectivity index (χ1) is 19.2. The SMILES string of the molecule is CC(O)[C@H]1C(=O)N[C@H](Cc2ccc(Cl)cc2)C(=O)NCC=Cc2ccccc2OCCN[C@@H](C2CC2)C(=O)N1C. The van der Waals surface area contributed by atoms with E-state index < -0.39 is 36.0 Å². The third kappa shape index (κ3) is 7.84. The lowest BCUT2D eigenvalue weighted by atomic mass is 10.0. The van der Waals surface area contributed by atoms with Crippen LogP contribution in [-0.4, -0.2) is 78.7 Å². The fourth-order valence-corrected chi connectivity index (χ4v) is 5.00. The van der Waals surface area contributed by atoms with Gasteiger partial charge in [0.05, 0.1) is 12.1 Å². The summed E-state index contributed by atoms with van der Waals surface area (Å²) in [5.41, 5.74) is 1.66. The molecule has 1 aliphatic heterocycles. The van der Waals surface area contributed by atoms with Gasteiger partial charge in [-0.15, -0.1) is 0 Å². The first-order valence-electron chi connectivity index (χ1n) is 13.6. The second-order valence-electron chi connectivity index (χ2n) is 10.3. The molecule has 1 aliphatic carbocycles. The van der Waals surface area contributed by atoms with Gasteiger partial charge in [0.25, 0.3) is 0 Å². The lowest BCUT2D eigenvalue weighted by Gasteiger charge is -2.33. The molecule has 2 aromatic carbocycles. The number of carbonyl (C=O) groups excluding carboxylic acids is 3. The maximum Gasteiger partial charge on any atom is 0.246 e. The van der Waals surface area contributed by atoms with Gasteiger partial charge < -0.3 is 30.7 Å². The number of aliphatic hydroxyl groups is 1. The summed E-state index contributed by atoms with van der Waals surface area (Å²) in [6.07, 6.45) is 4.53. The highest BCUT2D eigenvalue weighted by Crippen LogP contribution is 2.33. The molecule has 4 atom stereocenters. The molecule has 1 fully saturated rings. The molecule has 0 radical (unpaired) electrons. The normalized spacial score (nSPS) is 24.1. The number of halogens is 1. The van der Waals surface area contributed by atoms with Gasteiger partial charge in [0.15, 0.2) is 0 Å². The Kier molecular flexibility index (Phi) is 10.2. The first-order valence-corrected chi connectivity index (χ1v) is 14.0. The van der Waals surface area contributed by atoms with E-state index in [1.54, 1.807) is 24.3 Å². The van der Waals surface area contributed by atoms with Crippen molar-refractivity contribution in [3.8, 4) is 5.75 Å². The Morgan fingerprint density at radius 1 is 1.07 bits per heavy atom. The van der Waals surface area contributed by atoms with Crippen LogP contribution in [0.25, 0.3) is 6.08 Å². The van der Waals surface area contributed by atoms with Gasteiger partial charge in [0, 0.05) is 37.1 Å². The maximum atomic E-state index is 13.6. The summed E-state index contributed by atoms with van der Waals surface area (Å²) in [5, 5.41) is 20.1. The molecular formula is C30H37ClN4O5. The molecule has 9 nitrogen and oxygen atoms in total. The zero-order valence-electron chi connectivity index (χ0n) is 22.8. The number of carbonyl (C=O) groups is 3. The van der Waals surface area contributed by atoms with Crippen molar-refractivity contribution >= 4 is 35.4 Å². The lowest BCUT2D eigenvalue weighted by Crippen LogP contribution is -2.60. The van der Waals surface area contributed by atoms with Crippen LogP contribution in [0.3, 0.4) is 0 Å². The lowest BCUT2D eigenvalue weighted by molar-refractivity contribution is -0.145. The zero-order valence-corrected chi connectivity index (χ0v) is 23.6. The molecule has 0 bridgehead atoms. The molecule has 214 valence electrons. The van der Waals surface area contributed by atoms with Crippen LogP contribution in [0.2, 0.25) is 5.02 Å². The number of benzene rings is 2. The average Bonchev–Trinajstić information content (AvgIpc) is 3.77. The highest BCUT2D eigenvalue weighted by molar-refractivity contribution is 6.30. The summed E-state index contributed by atoms with van der Waals surface area (Å²) in [6, 6.07) is 12.0. The minimum Gasteiger partial charge on any atom is -0.492 e. The molecule has 4 N–H and O–H groups in total. The monoisotopic (exact) mass is 568 g/mol. The third-order valence-corrected chi connectivity index (χ3v) is 7.42. The van der Waals surface area contributed by atoms with Gasteiger partial charge in [-0.1, -0.05) is 54.1 Å². The number of amides is 3. The van der Waals surface area contributed by atoms with E-state index in [0.29, 0.717) is 23.9 Å². The molecule has 1 unspecified atom stereocenters. The van der Waals surface area contributed by atoms with E-state index in [2.05, 4.69) is 16.0 Å². The summed E-state index contributed by atoms with van der Waals surface area (Å²) in [5.74, 6) is -0.442. The number of nitrogens with zero attached hydrogens (tertiary/aromatic N) is 1. The highest BCUT2D eigenvalue weighted by Gasteiger charge is 2.41. The fourth-order valence-electron chi connectivity index (χ4n) is 4.88. The number of hydrogen-bond acceptors (Lipinski definition) is 6. The van der Waals surface area contributed by atoms with E-state index in [1.165, 1.54) is 18.9 Å². The van der Waals surface area contributed by atoms with Crippen LogP contribution < -0.4 is 20.7 Å². The number of hydrogen-bond donors (Lipinski definition) is 4. The number of para-hydroxylation sites is 1. The molecule has 4 rings (SSSR count). The van der Waals surface area contributed by atoms with Crippen molar-refractivity contribution < 1.29 is 24.2 Å². The molecule has 0 saturated heterocycles. The Morgan fingerprint density at radius 3 is 2.50 bits per heavy atom. The van der Waals surface area contributed by atoms with Gasteiger partial charge in [0.2, 0.25) is 17.7 Å². The minimum atomic E-state index is -1.18. The molecule has 1 saturated carbocycles. The standard InChI is InChI=1S/C30H37ClN4O5/c1-19(36)27-29(38)34-24(18-20-9-13-23(31)14-10-20)28(37)33-15-5-7-21-6-3-4-8-25(21)40-17-16-32-26(22-11-12-22)30(39)35(27)2/h3-10,13-14,19,22,24,26-27,32,36H,11-12,15-18H2,1-2H3,(H,33,37)(H,34,38)/t19?,24-,26+,27+/m1/s1. The van der Waals surface area contributed by atoms with Crippen LogP contribution in [0.15, 0.2) is 54.6 Å². The molecule has 0 aromatic heterocycles. The second-order valence-corrected chi connectivity index (χ2v) is 10.8. The summed E-state index contributed by atoms with van der Waals surface area (Å²) in [6.45, 7) is 2.46. The maximum absolute atomic E-state index is 13.6. The fraction of sp³-hybridized carbons (Fsp3) is 0.433. The van der Waals surface area contributed by atoms with Crippen molar-refractivity contribution in [2.75, 3.05) is 26.7 Å². The van der Waals surface area contributed by atoms with Crippen molar-refractivity contribution in [1.82, 2.24) is 20.9 Å².